The Morgan fingerprint density at radius 3 is 2.62 bits per heavy atom. The average Bonchev–Trinajstić information content (AvgIpc) is 2.66. The minimum absolute atomic E-state index is 0.404. The van der Waals surface area contributed by atoms with Crippen molar-refractivity contribution in [3.05, 3.63) is 18.2 Å². The highest BCUT2D eigenvalue weighted by Crippen LogP contribution is 2.24. The van der Waals surface area contributed by atoms with Crippen molar-refractivity contribution in [3.63, 3.8) is 0 Å². The summed E-state index contributed by atoms with van der Waals surface area (Å²) in [5, 5.41) is 3.61. The molecule has 0 amide bonds. The fraction of sp³-hybridized carbons (Fsp3) is 0.769. The second-order valence-corrected chi connectivity index (χ2v) is 4.66. The normalized spacial score (nSPS) is 15.0. The van der Waals surface area contributed by atoms with Gasteiger partial charge in [0, 0.05) is 13.2 Å². The van der Waals surface area contributed by atoms with E-state index in [4.69, 9.17) is 0 Å². The lowest BCUT2D eigenvalue weighted by molar-refractivity contribution is 0.357. The fourth-order valence-corrected chi connectivity index (χ4v) is 2.11. The van der Waals surface area contributed by atoms with Crippen molar-refractivity contribution < 1.29 is 0 Å². The predicted molar refractivity (Wildman–Crippen MR) is 68.3 cm³/mol. The van der Waals surface area contributed by atoms with Gasteiger partial charge in [0.25, 0.3) is 0 Å². The van der Waals surface area contributed by atoms with Crippen LogP contribution in [0.25, 0.3) is 0 Å². The van der Waals surface area contributed by atoms with Crippen LogP contribution in [0.4, 0.5) is 0 Å². The first kappa shape index (κ1) is 13.2. The minimum atomic E-state index is 0.404. The number of nitrogens with one attached hydrogen (secondary N) is 1. The molecule has 1 aromatic rings. The lowest BCUT2D eigenvalue weighted by Gasteiger charge is -2.23. The van der Waals surface area contributed by atoms with Crippen LogP contribution in [-0.2, 0) is 7.05 Å². The van der Waals surface area contributed by atoms with Crippen molar-refractivity contribution in [2.24, 2.45) is 13.0 Å². The van der Waals surface area contributed by atoms with Gasteiger partial charge in [-0.15, -0.1) is 0 Å². The van der Waals surface area contributed by atoms with E-state index >= 15 is 0 Å². The summed E-state index contributed by atoms with van der Waals surface area (Å²) in [5.74, 6) is 0.645. The van der Waals surface area contributed by atoms with Gasteiger partial charge in [0.05, 0.1) is 18.1 Å². The molecule has 0 aliphatic carbocycles. The summed E-state index contributed by atoms with van der Waals surface area (Å²) in [7, 11) is 2.03. The molecular weight excluding hydrogens is 198 g/mol. The number of hydrogen-bond acceptors (Lipinski definition) is 2. The number of nitrogens with zero attached hydrogens (tertiary/aromatic N) is 2. The quantitative estimate of drug-likeness (QED) is 0.770. The van der Waals surface area contributed by atoms with Crippen LogP contribution in [0.2, 0.25) is 0 Å². The van der Waals surface area contributed by atoms with E-state index in [2.05, 4.69) is 37.3 Å². The van der Waals surface area contributed by atoms with E-state index in [0.29, 0.717) is 12.0 Å². The second kappa shape index (κ2) is 6.69. The van der Waals surface area contributed by atoms with Crippen molar-refractivity contribution >= 4 is 0 Å². The molecule has 0 aliphatic heterocycles. The van der Waals surface area contributed by atoms with Crippen LogP contribution in [0.3, 0.4) is 0 Å². The van der Waals surface area contributed by atoms with Crippen molar-refractivity contribution in [1.29, 1.82) is 0 Å². The van der Waals surface area contributed by atoms with Crippen LogP contribution in [0.5, 0.6) is 0 Å². The highest BCUT2D eigenvalue weighted by molar-refractivity contribution is 5.05. The second-order valence-electron chi connectivity index (χ2n) is 4.66. The van der Waals surface area contributed by atoms with Crippen LogP contribution in [0, 0.1) is 5.92 Å². The maximum Gasteiger partial charge on any atom is 0.0947 e. The predicted octanol–water partition coefficient (Wildman–Crippen LogP) is 2.90. The van der Waals surface area contributed by atoms with E-state index in [0.717, 1.165) is 6.54 Å². The molecule has 1 heterocycles. The number of aromatic nitrogens is 2. The van der Waals surface area contributed by atoms with Crippen LogP contribution in [0.15, 0.2) is 12.5 Å². The molecule has 0 saturated heterocycles. The SMILES string of the molecule is CCCNC(c1cn(C)cn1)C(C)CCC. The van der Waals surface area contributed by atoms with Gasteiger partial charge in [-0.1, -0.05) is 27.2 Å². The zero-order valence-electron chi connectivity index (χ0n) is 11.0. The summed E-state index contributed by atoms with van der Waals surface area (Å²) in [6, 6.07) is 0.404. The zero-order chi connectivity index (χ0) is 12.0. The monoisotopic (exact) mass is 223 g/mol. The van der Waals surface area contributed by atoms with Crippen LogP contribution >= 0.6 is 0 Å². The molecule has 92 valence electrons. The van der Waals surface area contributed by atoms with E-state index in [9.17, 15) is 0 Å². The van der Waals surface area contributed by atoms with Crippen LogP contribution in [0.1, 0.15) is 51.8 Å². The van der Waals surface area contributed by atoms with Crippen molar-refractivity contribution in [3.8, 4) is 0 Å². The number of hydrogen-bond donors (Lipinski definition) is 1. The van der Waals surface area contributed by atoms with Gasteiger partial charge in [0.1, 0.15) is 0 Å². The maximum atomic E-state index is 4.47. The van der Waals surface area contributed by atoms with E-state index in [1.54, 1.807) is 0 Å². The first-order valence-corrected chi connectivity index (χ1v) is 6.40. The summed E-state index contributed by atoms with van der Waals surface area (Å²) in [6.07, 6.45) is 7.66. The minimum Gasteiger partial charge on any atom is -0.340 e. The van der Waals surface area contributed by atoms with Crippen molar-refractivity contribution in [2.75, 3.05) is 6.54 Å². The molecule has 0 spiro atoms. The average molecular weight is 223 g/mol. The fourth-order valence-electron chi connectivity index (χ4n) is 2.11. The molecule has 0 aliphatic rings. The van der Waals surface area contributed by atoms with E-state index < -0.39 is 0 Å². The molecule has 0 fully saturated rings. The summed E-state index contributed by atoms with van der Waals surface area (Å²) in [5.41, 5.74) is 1.18. The van der Waals surface area contributed by atoms with Crippen molar-refractivity contribution in [2.45, 2.75) is 46.1 Å². The molecule has 0 bridgehead atoms. The molecule has 0 radical (unpaired) electrons. The van der Waals surface area contributed by atoms with E-state index in [-0.39, 0.29) is 0 Å². The van der Waals surface area contributed by atoms with Gasteiger partial charge in [-0.3, -0.25) is 0 Å². The summed E-state index contributed by atoms with van der Waals surface area (Å²) >= 11 is 0. The number of aryl methyl sites for hydroxylation is 1. The molecule has 3 heteroatoms. The molecule has 3 nitrogen and oxygen atoms in total. The summed E-state index contributed by atoms with van der Waals surface area (Å²) in [6.45, 7) is 7.82. The molecule has 2 unspecified atom stereocenters. The highest BCUT2D eigenvalue weighted by Gasteiger charge is 2.19. The Morgan fingerprint density at radius 1 is 1.38 bits per heavy atom. The third-order valence-corrected chi connectivity index (χ3v) is 2.97. The van der Waals surface area contributed by atoms with Crippen molar-refractivity contribution in [1.82, 2.24) is 14.9 Å². The number of rotatable bonds is 7. The van der Waals surface area contributed by atoms with Crippen LogP contribution < -0.4 is 5.32 Å². The Kier molecular flexibility index (Phi) is 5.53. The summed E-state index contributed by atoms with van der Waals surface area (Å²) in [4.78, 5) is 4.47. The molecular formula is C13H25N3. The van der Waals surface area contributed by atoms with Gasteiger partial charge in [-0.2, -0.15) is 0 Å². The van der Waals surface area contributed by atoms with Gasteiger partial charge < -0.3 is 9.88 Å². The van der Waals surface area contributed by atoms with E-state index in [1.807, 2.05) is 17.9 Å². The molecule has 1 rings (SSSR count). The Morgan fingerprint density at radius 2 is 2.12 bits per heavy atom. The van der Waals surface area contributed by atoms with Crippen LogP contribution in [-0.4, -0.2) is 16.1 Å². The first-order valence-electron chi connectivity index (χ1n) is 6.40. The highest BCUT2D eigenvalue weighted by atomic mass is 15.0. The summed E-state index contributed by atoms with van der Waals surface area (Å²) < 4.78 is 2.02. The largest absolute Gasteiger partial charge is 0.340 e. The van der Waals surface area contributed by atoms with Gasteiger partial charge in [0.2, 0.25) is 0 Å². The maximum absolute atomic E-state index is 4.47. The van der Waals surface area contributed by atoms with Gasteiger partial charge in [-0.25, -0.2) is 4.98 Å². The zero-order valence-corrected chi connectivity index (χ0v) is 11.0. The number of imidazole rings is 1. The topological polar surface area (TPSA) is 29.9 Å². The first-order chi connectivity index (χ1) is 7.69. The molecule has 1 N–H and O–H groups in total. The molecule has 1 aromatic heterocycles. The third-order valence-electron chi connectivity index (χ3n) is 2.97. The van der Waals surface area contributed by atoms with Gasteiger partial charge in [-0.05, 0) is 25.3 Å². The smallest absolute Gasteiger partial charge is 0.0947 e. The molecule has 16 heavy (non-hydrogen) atoms. The Labute approximate surface area is 99.3 Å². The Hall–Kier alpha value is -0.830. The molecule has 0 saturated carbocycles. The molecule has 0 aromatic carbocycles. The Bertz CT molecular complexity index is 293. The van der Waals surface area contributed by atoms with E-state index in [1.165, 1.54) is 25.0 Å². The Balaban J connectivity index is 2.69. The third kappa shape index (κ3) is 3.63. The lowest BCUT2D eigenvalue weighted by Crippen LogP contribution is -2.28. The standard InChI is InChI=1S/C13H25N3/c1-5-7-11(3)13(14-8-6-2)12-9-16(4)10-15-12/h9-11,13-14H,5-8H2,1-4H3. The van der Waals surface area contributed by atoms with Gasteiger partial charge >= 0.3 is 0 Å². The molecule has 2 atom stereocenters. The lowest BCUT2D eigenvalue weighted by atomic mass is 9.94. The van der Waals surface area contributed by atoms with Gasteiger partial charge in [0.15, 0.2) is 0 Å².